The van der Waals surface area contributed by atoms with Crippen molar-refractivity contribution in [1.82, 2.24) is 14.8 Å². The van der Waals surface area contributed by atoms with Crippen molar-refractivity contribution in [3.05, 3.63) is 40.4 Å². The molecule has 0 aliphatic heterocycles. The molecule has 0 atom stereocenters. The summed E-state index contributed by atoms with van der Waals surface area (Å²) in [5.41, 5.74) is 1.09. The first-order chi connectivity index (χ1) is 7.66. The molecule has 2 rings (SSSR count). The van der Waals surface area contributed by atoms with Crippen LogP contribution in [0.4, 0.5) is 0 Å². The molecule has 0 fully saturated rings. The van der Waals surface area contributed by atoms with Crippen molar-refractivity contribution in [2.24, 2.45) is 7.05 Å². The van der Waals surface area contributed by atoms with Gasteiger partial charge in [0.25, 0.3) is 0 Å². The van der Waals surface area contributed by atoms with E-state index in [0.29, 0.717) is 6.61 Å². The Hall–Kier alpha value is -1.36. The van der Waals surface area contributed by atoms with Crippen molar-refractivity contribution in [2.75, 3.05) is 0 Å². The van der Waals surface area contributed by atoms with E-state index in [4.69, 9.17) is 4.74 Å². The molecule has 0 bridgehead atoms. The zero-order valence-electron chi connectivity index (χ0n) is 9.14. The van der Waals surface area contributed by atoms with Gasteiger partial charge in [-0.05, 0) is 30.7 Å². The van der Waals surface area contributed by atoms with E-state index in [2.05, 4.69) is 26.1 Å². The number of halogens is 1. The van der Waals surface area contributed by atoms with Crippen LogP contribution in [0.25, 0.3) is 0 Å². The zero-order valence-corrected chi connectivity index (χ0v) is 10.7. The van der Waals surface area contributed by atoms with Gasteiger partial charge in [-0.15, -0.1) is 10.2 Å². The molecule has 4 nitrogen and oxygen atoms in total. The Morgan fingerprint density at radius 3 is 2.88 bits per heavy atom. The maximum atomic E-state index is 5.67. The van der Waals surface area contributed by atoms with Gasteiger partial charge in [0.05, 0.1) is 0 Å². The topological polar surface area (TPSA) is 39.9 Å². The number of ether oxygens (including phenoxy) is 1. The molecule has 5 heteroatoms. The van der Waals surface area contributed by atoms with Gasteiger partial charge in [0.2, 0.25) is 0 Å². The van der Waals surface area contributed by atoms with Crippen LogP contribution in [-0.2, 0) is 13.7 Å². The molecule has 1 heterocycles. The minimum atomic E-state index is 0.430. The van der Waals surface area contributed by atoms with Gasteiger partial charge in [0.1, 0.15) is 18.7 Å². The molecular weight excluding hydrogens is 270 g/mol. The number of benzene rings is 1. The second-order valence-electron chi connectivity index (χ2n) is 3.56. The highest BCUT2D eigenvalue weighted by atomic mass is 79.9. The molecule has 0 unspecified atom stereocenters. The molecule has 1 aromatic heterocycles. The molecule has 0 aliphatic carbocycles. The first kappa shape index (κ1) is 11.1. The van der Waals surface area contributed by atoms with Crippen LogP contribution >= 0.6 is 15.9 Å². The van der Waals surface area contributed by atoms with Crippen LogP contribution in [0.3, 0.4) is 0 Å². The average Bonchev–Trinajstić information content (AvgIpc) is 2.63. The quantitative estimate of drug-likeness (QED) is 0.868. The summed E-state index contributed by atoms with van der Waals surface area (Å²) in [5.74, 6) is 1.67. The van der Waals surface area contributed by atoms with E-state index in [1.165, 1.54) is 0 Å². The second kappa shape index (κ2) is 4.65. The summed E-state index contributed by atoms with van der Waals surface area (Å²) in [6.07, 6.45) is 1.66. The van der Waals surface area contributed by atoms with E-state index >= 15 is 0 Å². The summed E-state index contributed by atoms with van der Waals surface area (Å²) in [6.45, 7) is 2.44. The van der Waals surface area contributed by atoms with Gasteiger partial charge >= 0.3 is 0 Å². The van der Waals surface area contributed by atoms with Crippen LogP contribution in [0.15, 0.2) is 29.0 Å². The highest BCUT2D eigenvalue weighted by Gasteiger charge is 2.04. The van der Waals surface area contributed by atoms with Crippen LogP contribution in [0.5, 0.6) is 5.75 Å². The van der Waals surface area contributed by atoms with E-state index in [1.54, 1.807) is 6.33 Å². The second-order valence-corrected chi connectivity index (χ2v) is 4.47. The Kier molecular flexibility index (Phi) is 3.24. The van der Waals surface area contributed by atoms with Crippen molar-refractivity contribution < 1.29 is 4.74 Å². The first-order valence-electron chi connectivity index (χ1n) is 4.88. The summed E-state index contributed by atoms with van der Waals surface area (Å²) < 4.78 is 8.57. The van der Waals surface area contributed by atoms with Crippen LogP contribution in [0.1, 0.15) is 11.4 Å². The van der Waals surface area contributed by atoms with Crippen LogP contribution < -0.4 is 4.74 Å². The molecule has 0 saturated heterocycles. The predicted octanol–water partition coefficient (Wildman–Crippen LogP) is 2.47. The van der Waals surface area contributed by atoms with E-state index in [0.717, 1.165) is 21.6 Å². The predicted molar refractivity (Wildman–Crippen MR) is 64.2 cm³/mol. The van der Waals surface area contributed by atoms with Gasteiger partial charge in [-0.25, -0.2) is 0 Å². The number of nitrogens with zero attached hydrogens (tertiary/aromatic N) is 3. The number of hydrogen-bond donors (Lipinski definition) is 0. The molecule has 1 aromatic carbocycles. The molecule has 0 aliphatic rings. The fourth-order valence-electron chi connectivity index (χ4n) is 1.35. The smallest absolute Gasteiger partial charge is 0.170 e. The van der Waals surface area contributed by atoms with Crippen LogP contribution in [-0.4, -0.2) is 14.8 Å². The van der Waals surface area contributed by atoms with Crippen LogP contribution in [0.2, 0.25) is 0 Å². The van der Waals surface area contributed by atoms with Gasteiger partial charge in [-0.1, -0.05) is 15.9 Å². The molecule has 0 radical (unpaired) electrons. The number of rotatable bonds is 3. The average molecular weight is 282 g/mol. The largest absolute Gasteiger partial charge is 0.485 e. The summed E-state index contributed by atoms with van der Waals surface area (Å²) in [5, 5.41) is 7.75. The van der Waals surface area contributed by atoms with Crippen molar-refractivity contribution in [1.29, 1.82) is 0 Å². The molecule has 84 valence electrons. The molecule has 0 N–H and O–H groups in total. The monoisotopic (exact) mass is 281 g/mol. The summed E-state index contributed by atoms with van der Waals surface area (Å²) in [6, 6.07) is 5.92. The third-order valence-electron chi connectivity index (χ3n) is 2.30. The third-order valence-corrected chi connectivity index (χ3v) is 2.79. The highest BCUT2D eigenvalue weighted by Crippen LogP contribution is 2.22. The maximum Gasteiger partial charge on any atom is 0.170 e. The number of hydrogen-bond acceptors (Lipinski definition) is 3. The SMILES string of the molecule is Cc1cc(Br)ccc1OCc1nncn1C. The lowest BCUT2D eigenvalue weighted by atomic mass is 10.2. The lowest BCUT2D eigenvalue weighted by Gasteiger charge is -2.08. The van der Waals surface area contributed by atoms with Crippen molar-refractivity contribution in [2.45, 2.75) is 13.5 Å². The van der Waals surface area contributed by atoms with E-state index in [-0.39, 0.29) is 0 Å². The molecule has 16 heavy (non-hydrogen) atoms. The minimum absolute atomic E-state index is 0.430. The lowest BCUT2D eigenvalue weighted by molar-refractivity contribution is 0.289. The molecule has 0 amide bonds. The van der Waals surface area contributed by atoms with Crippen molar-refractivity contribution in [3.63, 3.8) is 0 Å². The van der Waals surface area contributed by atoms with E-state index < -0.39 is 0 Å². The Bertz CT molecular complexity index is 496. The van der Waals surface area contributed by atoms with Crippen molar-refractivity contribution >= 4 is 15.9 Å². The fourth-order valence-corrected chi connectivity index (χ4v) is 1.83. The molecule has 0 saturated carbocycles. The zero-order chi connectivity index (χ0) is 11.5. The van der Waals surface area contributed by atoms with Gasteiger partial charge < -0.3 is 9.30 Å². The number of aromatic nitrogens is 3. The minimum Gasteiger partial charge on any atom is -0.485 e. The maximum absolute atomic E-state index is 5.67. The Labute approximate surface area is 102 Å². The summed E-state index contributed by atoms with van der Waals surface area (Å²) >= 11 is 3.42. The van der Waals surface area contributed by atoms with Crippen LogP contribution in [0, 0.1) is 6.92 Å². The molecular formula is C11H12BrN3O. The first-order valence-corrected chi connectivity index (χ1v) is 5.68. The lowest BCUT2D eigenvalue weighted by Crippen LogP contribution is -2.03. The van der Waals surface area contributed by atoms with Gasteiger partial charge in [0.15, 0.2) is 5.82 Å². The number of aryl methyl sites for hydroxylation is 2. The van der Waals surface area contributed by atoms with E-state index in [9.17, 15) is 0 Å². The summed E-state index contributed by atoms with van der Waals surface area (Å²) in [7, 11) is 1.90. The van der Waals surface area contributed by atoms with Crippen molar-refractivity contribution in [3.8, 4) is 5.75 Å². The van der Waals surface area contributed by atoms with E-state index in [1.807, 2.05) is 36.7 Å². The van der Waals surface area contributed by atoms with Gasteiger partial charge in [0, 0.05) is 11.5 Å². The third kappa shape index (κ3) is 2.41. The van der Waals surface area contributed by atoms with Gasteiger partial charge in [-0.3, -0.25) is 0 Å². The Balaban J connectivity index is 2.08. The van der Waals surface area contributed by atoms with Gasteiger partial charge in [-0.2, -0.15) is 0 Å². The normalized spacial score (nSPS) is 10.4. The highest BCUT2D eigenvalue weighted by molar-refractivity contribution is 9.10. The fraction of sp³-hybridized carbons (Fsp3) is 0.273. The standard InChI is InChI=1S/C11H12BrN3O/c1-8-5-9(12)3-4-10(8)16-6-11-14-13-7-15(11)2/h3-5,7H,6H2,1-2H3. The Morgan fingerprint density at radius 2 is 2.25 bits per heavy atom. The molecule has 0 spiro atoms. The Morgan fingerprint density at radius 1 is 1.44 bits per heavy atom. The molecule has 2 aromatic rings. The summed E-state index contributed by atoms with van der Waals surface area (Å²) in [4.78, 5) is 0.